The van der Waals surface area contributed by atoms with Gasteiger partial charge in [0.1, 0.15) is 0 Å². The van der Waals surface area contributed by atoms with E-state index in [0.717, 1.165) is 19.4 Å². The topological polar surface area (TPSA) is 41.5 Å². The van der Waals surface area contributed by atoms with E-state index in [-0.39, 0.29) is 12.1 Å². The molecule has 0 aliphatic carbocycles. The summed E-state index contributed by atoms with van der Waals surface area (Å²) in [4.78, 5) is 0. The molecule has 2 unspecified atom stereocenters. The smallest absolute Gasteiger partial charge is 0.0713 e. The Hall–Kier alpha value is -0.120. The Morgan fingerprint density at radius 1 is 1.73 bits per heavy atom. The van der Waals surface area contributed by atoms with Crippen LogP contribution in [0.5, 0.6) is 0 Å². The van der Waals surface area contributed by atoms with Crippen LogP contribution in [0, 0.1) is 0 Å². The molecule has 3 heteroatoms. The molecule has 0 spiro atoms. The van der Waals surface area contributed by atoms with Crippen molar-refractivity contribution >= 4 is 0 Å². The molecule has 66 valence electrons. The normalized spacial score (nSPS) is 37.9. The van der Waals surface area contributed by atoms with Crippen LogP contribution in [0.1, 0.15) is 19.8 Å². The molecule has 1 saturated heterocycles. The quantitative estimate of drug-likeness (QED) is 0.615. The number of rotatable bonds is 3. The molecule has 0 aromatic heterocycles. The minimum absolute atomic E-state index is 0.0927. The first-order valence-corrected chi connectivity index (χ1v) is 4.09. The van der Waals surface area contributed by atoms with Crippen molar-refractivity contribution in [1.29, 1.82) is 0 Å². The van der Waals surface area contributed by atoms with Gasteiger partial charge in [-0.1, -0.05) is 0 Å². The average molecular weight is 159 g/mol. The van der Waals surface area contributed by atoms with Crippen LogP contribution in [0.15, 0.2) is 0 Å². The fraction of sp³-hybridized carbons (Fsp3) is 1.00. The van der Waals surface area contributed by atoms with Crippen molar-refractivity contribution in [3.8, 4) is 0 Å². The molecular formula is C8H17NO2. The molecule has 3 nitrogen and oxygen atoms in total. The molecule has 1 heterocycles. The van der Waals surface area contributed by atoms with Crippen LogP contribution >= 0.6 is 0 Å². The largest absolute Gasteiger partial charge is 0.396 e. The summed E-state index contributed by atoms with van der Waals surface area (Å²) in [6.45, 7) is 3.29. The average Bonchev–Trinajstić information content (AvgIpc) is 2.33. The summed E-state index contributed by atoms with van der Waals surface area (Å²) in [6, 6.07) is 0. The first kappa shape index (κ1) is 8.97. The van der Waals surface area contributed by atoms with Crippen LogP contribution in [0.4, 0.5) is 0 Å². The second-order valence-electron chi connectivity index (χ2n) is 3.48. The maximum Gasteiger partial charge on any atom is 0.0713 e. The van der Waals surface area contributed by atoms with E-state index in [0.29, 0.717) is 6.10 Å². The van der Waals surface area contributed by atoms with Gasteiger partial charge in [-0.05, 0) is 19.8 Å². The molecule has 1 aliphatic heterocycles. The molecular weight excluding hydrogens is 142 g/mol. The number of hydrogen-bond donors (Lipinski definition) is 2. The van der Waals surface area contributed by atoms with Gasteiger partial charge in [0.2, 0.25) is 0 Å². The zero-order chi connectivity index (χ0) is 8.32. The molecule has 1 rings (SSSR count). The molecule has 0 aromatic rings. The summed E-state index contributed by atoms with van der Waals surface area (Å²) in [6.07, 6.45) is 2.14. The van der Waals surface area contributed by atoms with Gasteiger partial charge in [-0.2, -0.15) is 0 Å². The predicted octanol–water partition coefficient (Wildman–Crippen LogP) is 0.136. The number of nitrogens with one attached hydrogen (secondary N) is 1. The lowest BCUT2D eigenvalue weighted by molar-refractivity contribution is 0.110. The van der Waals surface area contributed by atoms with Gasteiger partial charge >= 0.3 is 0 Å². The Balaban J connectivity index is 2.37. The zero-order valence-corrected chi connectivity index (χ0v) is 7.26. The van der Waals surface area contributed by atoms with E-state index in [2.05, 4.69) is 12.2 Å². The van der Waals surface area contributed by atoms with Crippen molar-refractivity contribution in [2.75, 3.05) is 20.3 Å². The monoisotopic (exact) mass is 159 g/mol. The van der Waals surface area contributed by atoms with Gasteiger partial charge in [-0.15, -0.1) is 0 Å². The number of aliphatic hydroxyl groups excluding tert-OH is 1. The Kier molecular flexibility index (Phi) is 2.87. The highest BCUT2D eigenvalue weighted by Crippen LogP contribution is 2.23. The minimum atomic E-state index is 0.0927. The first-order chi connectivity index (χ1) is 5.20. The molecule has 0 bridgehead atoms. The van der Waals surface area contributed by atoms with E-state index < -0.39 is 0 Å². The van der Waals surface area contributed by atoms with E-state index in [1.165, 1.54) is 0 Å². The molecule has 0 aromatic carbocycles. The van der Waals surface area contributed by atoms with E-state index in [4.69, 9.17) is 9.84 Å². The van der Waals surface area contributed by atoms with Crippen molar-refractivity contribution in [2.24, 2.45) is 0 Å². The second kappa shape index (κ2) is 3.52. The van der Waals surface area contributed by atoms with Gasteiger partial charge < -0.3 is 15.2 Å². The fourth-order valence-electron chi connectivity index (χ4n) is 1.61. The van der Waals surface area contributed by atoms with E-state index in [9.17, 15) is 0 Å². The van der Waals surface area contributed by atoms with Crippen LogP contribution in [0.25, 0.3) is 0 Å². The number of methoxy groups -OCH3 is 1. The second-order valence-corrected chi connectivity index (χ2v) is 3.48. The van der Waals surface area contributed by atoms with Gasteiger partial charge in [-0.3, -0.25) is 0 Å². The van der Waals surface area contributed by atoms with Crippen molar-refractivity contribution in [2.45, 2.75) is 31.4 Å². The van der Waals surface area contributed by atoms with Gasteiger partial charge in [0, 0.05) is 25.8 Å². The highest BCUT2D eigenvalue weighted by atomic mass is 16.5. The van der Waals surface area contributed by atoms with Crippen molar-refractivity contribution < 1.29 is 9.84 Å². The maximum atomic E-state index is 8.77. The van der Waals surface area contributed by atoms with E-state index in [1.807, 2.05) is 0 Å². The number of hydrogen-bond acceptors (Lipinski definition) is 3. The lowest BCUT2D eigenvalue weighted by Crippen LogP contribution is -2.36. The third-order valence-electron chi connectivity index (χ3n) is 2.43. The van der Waals surface area contributed by atoms with Crippen molar-refractivity contribution in [3.63, 3.8) is 0 Å². The fourth-order valence-corrected chi connectivity index (χ4v) is 1.61. The Morgan fingerprint density at radius 3 is 2.91 bits per heavy atom. The molecule has 11 heavy (non-hydrogen) atoms. The zero-order valence-electron chi connectivity index (χ0n) is 7.26. The summed E-state index contributed by atoms with van der Waals surface area (Å²) in [5.41, 5.74) is 0.0927. The van der Waals surface area contributed by atoms with Gasteiger partial charge in [-0.25, -0.2) is 0 Å². The van der Waals surface area contributed by atoms with Gasteiger partial charge in [0.25, 0.3) is 0 Å². The third-order valence-corrected chi connectivity index (χ3v) is 2.43. The highest BCUT2D eigenvalue weighted by molar-refractivity contribution is 4.93. The summed E-state index contributed by atoms with van der Waals surface area (Å²) in [7, 11) is 1.73. The maximum absolute atomic E-state index is 8.77. The SMILES string of the molecule is COC1CNC(C)(CCO)C1. The van der Waals surface area contributed by atoms with Crippen LogP contribution in [0.3, 0.4) is 0 Å². The summed E-state index contributed by atoms with van der Waals surface area (Å²) < 4.78 is 5.21. The molecule has 1 aliphatic rings. The summed E-state index contributed by atoms with van der Waals surface area (Å²) in [5, 5.41) is 12.1. The number of ether oxygens (including phenoxy) is 1. The lowest BCUT2D eigenvalue weighted by Gasteiger charge is -2.22. The minimum Gasteiger partial charge on any atom is -0.396 e. The molecule has 1 fully saturated rings. The summed E-state index contributed by atoms with van der Waals surface area (Å²) in [5.74, 6) is 0. The van der Waals surface area contributed by atoms with Crippen molar-refractivity contribution in [3.05, 3.63) is 0 Å². The van der Waals surface area contributed by atoms with Crippen LogP contribution in [0.2, 0.25) is 0 Å². The van der Waals surface area contributed by atoms with Crippen LogP contribution in [-0.4, -0.2) is 37.0 Å². The number of aliphatic hydroxyl groups is 1. The van der Waals surface area contributed by atoms with Crippen LogP contribution < -0.4 is 5.32 Å². The lowest BCUT2D eigenvalue weighted by atomic mass is 9.96. The Morgan fingerprint density at radius 2 is 2.45 bits per heavy atom. The van der Waals surface area contributed by atoms with Crippen molar-refractivity contribution in [1.82, 2.24) is 5.32 Å². The van der Waals surface area contributed by atoms with Gasteiger partial charge in [0.05, 0.1) is 6.10 Å². The predicted molar refractivity (Wildman–Crippen MR) is 43.5 cm³/mol. The summed E-state index contributed by atoms with van der Waals surface area (Å²) >= 11 is 0. The molecule has 2 N–H and O–H groups in total. The van der Waals surface area contributed by atoms with E-state index >= 15 is 0 Å². The molecule has 0 saturated carbocycles. The first-order valence-electron chi connectivity index (χ1n) is 4.09. The van der Waals surface area contributed by atoms with Gasteiger partial charge in [0.15, 0.2) is 0 Å². The van der Waals surface area contributed by atoms with Crippen LogP contribution in [-0.2, 0) is 4.74 Å². The molecule has 2 atom stereocenters. The Bertz CT molecular complexity index is 129. The Labute approximate surface area is 67.7 Å². The van der Waals surface area contributed by atoms with E-state index in [1.54, 1.807) is 7.11 Å². The standard InChI is InChI=1S/C8H17NO2/c1-8(3-4-10)5-7(11-2)6-9-8/h7,9-10H,3-6H2,1-2H3. The molecule has 0 radical (unpaired) electrons. The highest BCUT2D eigenvalue weighted by Gasteiger charge is 2.33. The third kappa shape index (κ3) is 2.15. The molecule has 0 amide bonds.